The molecule has 0 saturated carbocycles. The van der Waals surface area contributed by atoms with Crippen LogP contribution in [0, 0.1) is 0 Å². The summed E-state index contributed by atoms with van der Waals surface area (Å²) in [6, 6.07) is 17.0. The maximum absolute atomic E-state index is 12.9. The number of carbonyl (C=O) groups is 2. The van der Waals surface area contributed by atoms with Crippen LogP contribution < -0.4 is 10.6 Å². The molecule has 0 bridgehead atoms. The lowest BCUT2D eigenvalue weighted by Gasteiger charge is -2.24. The number of hydrogen-bond acceptors (Lipinski definition) is 3. The van der Waals surface area contributed by atoms with E-state index in [1.807, 2.05) is 48.5 Å². The van der Waals surface area contributed by atoms with E-state index in [1.54, 1.807) is 16.9 Å². The molecule has 1 aliphatic rings. The van der Waals surface area contributed by atoms with Crippen molar-refractivity contribution < 1.29 is 9.59 Å². The van der Waals surface area contributed by atoms with E-state index in [0.29, 0.717) is 18.1 Å². The minimum absolute atomic E-state index is 0.126. The van der Waals surface area contributed by atoms with Crippen LogP contribution in [0.5, 0.6) is 0 Å². The Morgan fingerprint density at radius 3 is 2.81 bits per heavy atom. The Bertz CT molecular complexity index is 1010. The third kappa shape index (κ3) is 3.64. The largest absolute Gasteiger partial charge is 0.326 e. The van der Waals surface area contributed by atoms with Gasteiger partial charge in [-0.15, -0.1) is 0 Å². The lowest BCUT2D eigenvalue weighted by atomic mass is 9.90. The monoisotopic (exact) mass is 424 g/mol. The van der Waals surface area contributed by atoms with Gasteiger partial charge in [0.2, 0.25) is 11.8 Å². The average molecular weight is 425 g/mol. The van der Waals surface area contributed by atoms with E-state index >= 15 is 0 Å². The molecule has 0 saturated heterocycles. The number of carbonyl (C=O) groups excluding carboxylic acids is 2. The molecular formula is C20H17BrN4O2. The SMILES string of the molecule is O=C1CC(C(=O)Nc2ccnn2Cc2ccccc2Br)c2ccccc2N1. The standard InChI is InChI=1S/C20H17BrN4O2/c21-16-7-3-1-5-13(16)12-25-18(9-10-22-25)24-20(27)15-11-19(26)23-17-8-4-2-6-14(15)17/h1-10,15H,11-12H2,(H,23,26)(H,24,27). The summed E-state index contributed by atoms with van der Waals surface area (Å²) < 4.78 is 2.71. The van der Waals surface area contributed by atoms with Crippen LogP contribution in [0.15, 0.2) is 65.3 Å². The molecule has 4 rings (SSSR count). The molecule has 1 atom stereocenters. The Labute approximate surface area is 164 Å². The number of hydrogen-bond donors (Lipinski definition) is 2. The Kier molecular flexibility index (Phi) is 4.77. The van der Waals surface area contributed by atoms with Gasteiger partial charge in [0.1, 0.15) is 5.82 Å². The first-order valence-electron chi connectivity index (χ1n) is 8.56. The van der Waals surface area contributed by atoms with Crippen LogP contribution >= 0.6 is 15.9 Å². The molecule has 2 amide bonds. The Morgan fingerprint density at radius 2 is 1.96 bits per heavy atom. The van der Waals surface area contributed by atoms with E-state index in [2.05, 4.69) is 31.7 Å². The number of anilines is 2. The van der Waals surface area contributed by atoms with Crippen molar-refractivity contribution in [2.45, 2.75) is 18.9 Å². The number of fused-ring (bicyclic) bond motifs is 1. The molecule has 1 aliphatic heterocycles. The number of amides is 2. The second-order valence-corrected chi connectivity index (χ2v) is 7.20. The predicted molar refractivity (Wildman–Crippen MR) is 107 cm³/mol. The lowest BCUT2D eigenvalue weighted by molar-refractivity contribution is -0.123. The summed E-state index contributed by atoms with van der Waals surface area (Å²) in [4.78, 5) is 24.9. The summed E-state index contributed by atoms with van der Waals surface area (Å²) >= 11 is 3.53. The molecule has 136 valence electrons. The van der Waals surface area contributed by atoms with Gasteiger partial charge in [0, 0.05) is 22.6 Å². The quantitative estimate of drug-likeness (QED) is 0.669. The van der Waals surface area contributed by atoms with Gasteiger partial charge >= 0.3 is 0 Å². The third-order valence-electron chi connectivity index (χ3n) is 4.56. The molecule has 2 N–H and O–H groups in total. The van der Waals surface area contributed by atoms with Gasteiger partial charge in [-0.05, 0) is 23.3 Å². The third-order valence-corrected chi connectivity index (χ3v) is 5.34. The molecule has 27 heavy (non-hydrogen) atoms. The summed E-state index contributed by atoms with van der Waals surface area (Å²) in [5.74, 6) is -0.303. The van der Waals surface area contributed by atoms with E-state index in [0.717, 1.165) is 15.6 Å². The summed E-state index contributed by atoms with van der Waals surface area (Å²) in [6.45, 7) is 0.520. The minimum atomic E-state index is -0.526. The summed E-state index contributed by atoms with van der Waals surface area (Å²) in [6.07, 6.45) is 1.77. The number of rotatable bonds is 4. The van der Waals surface area contributed by atoms with E-state index in [-0.39, 0.29) is 18.2 Å². The Morgan fingerprint density at radius 1 is 1.19 bits per heavy atom. The van der Waals surface area contributed by atoms with Crippen LogP contribution in [-0.2, 0) is 16.1 Å². The molecule has 7 heteroatoms. The first-order valence-corrected chi connectivity index (χ1v) is 9.36. The second kappa shape index (κ2) is 7.36. The highest BCUT2D eigenvalue weighted by Crippen LogP contribution is 2.32. The Hall–Kier alpha value is -2.93. The maximum Gasteiger partial charge on any atom is 0.233 e. The summed E-state index contributed by atoms with van der Waals surface area (Å²) in [7, 11) is 0. The molecule has 0 fully saturated rings. The van der Waals surface area contributed by atoms with Gasteiger partial charge in [-0.3, -0.25) is 9.59 Å². The lowest BCUT2D eigenvalue weighted by Crippen LogP contribution is -2.31. The van der Waals surface area contributed by atoms with Gasteiger partial charge in [0.05, 0.1) is 18.7 Å². The molecular weight excluding hydrogens is 408 g/mol. The van der Waals surface area contributed by atoms with Gasteiger partial charge < -0.3 is 10.6 Å². The van der Waals surface area contributed by atoms with Crippen LogP contribution in [-0.4, -0.2) is 21.6 Å². The number of benzene rings is 2. The van der Waals surface area contributed by atoms with Crippen molar-refractivity contribution in [2.75, 3.05) is 10.6 Å². The second-order valence-electron chi connectivity index (χ2n) is 6.35. The van der Waals surface area contributed by atoms with Crippen LogP contribution in [0.25, 0.3) is 0 Å². The highest BCUT2D eigenvalue weighted by molar-refractivity contribution is 9.10. The average Bonchev–Trinajstić information content (AvgIpc) is 3.09. The fourth-order valence-corrected chi connectivity index (χ4v) is 3.62. The molecule has 3 aromatic rings. The molecule has 1 unspecified atom stereocenters. The molecule has 2 aromatic carbocycles. The summed E-state index contributed by atoms with van der Waals surface area (Å²) in [5.41, 5.74) is 2.57. The van der Waals surface area contributed by atoms with Crippen molar-refractivity contribution >= 4 is 39.2 Å². The molecule has 0 aliphatic carbocycles. The van der Waals surface area contributed by atoms with Crippen molar-refractivity contribution in [1.29, 1.82) is 0 Å². The van der Waals surface area contributed by atoms with Gasteiger partial charge in [-0.25, -0.2) is 4.68 Å². The maximum atomic E-state index is 12.9. The highest BCUT2D eigenvalue weighted by Gasteiger charge is 2.30. The van der Waals surface area contributed by atoms with E-state index in [9.17, 15) is 9.59 Å². The molecule has 0 spiro atoms. The van der Waals surface area contributed by atoms with Gasteiger partial charge in [0.15, 0.2) is 0 Å². The van der Waals surface area contributed by atoms with Crippen molar-refractivity contribution in [3.63, 3.8) is 0 Å². The fraction of sp³-hybridized carbons (Fsp3) is 0.150. The van der Waals surface area contributed by atoms with E-state index in [1.165, 1.54) is 0 Å². The number of para-hydroxylation sites is 1. The van der Waals surface area contributed by atoms with E-state index in [4.69, 9.17) is 0 Å². The highest BCUT2D eigenvalue weighted by atomic mass is 79.9. The first kappa shape index (κ1) is 17.5. The zero-order valence-corrected chi connectivity index (χ0v) is 15.9. The van der Waals surface area contributed by atoms with Crippen molar-refractivity contribution in [2.24, 2.45) is 0 Å². The molecule has 6 nitrogen and oxygen atoms in total. The first-order chi connectivity index (χ1) is 13.1. The number of nitrogens with zero attached hydrogens (tertiary/aromatic N) is 2. The van der Waals surface area contributed by atoms with Crippen LogP contribution in [0.1, 0.15) is 23.5 Å². The fourth-order valence-electron chi connectivity index (χ4n) is 3.21. The number of aromatic nitrogens is 2. The van der Waals surface area contributed by atoms with Crippen LogP contribution in [0.4, 0.5) is 11.5 Å². The van der Waals surface area contributed by atoms with Crippen molar-refractivity contribution in [3.8, 4) is 0 Å². The number of nitrogens with one attached hydrogen (secondary N) is 2. The van der Waals surface area contributed by atoms with Crippen molar-refractivity contribution in [3.05, 3.63) is 76.4 Å². The zero-order chi connectivity index (χ0) is 18.8. The molecule has 0 radical (unpaired) electrons. The normalized spacial score (nSPS) is 15.7. The van der Waals surface area contributed by atoms with Crippen LogP contribution in [0.2, 0.25) is 0 Å². The van der Waals surface area contributed by atoms with Gasteiger partial charge in [0.25, 0.3) is 0 Å². The molecule has 1 aromatic heterocycles. The topological polar surface area (TPSA) is 76.0 Å². The zero-order valence-electron chi connectivity index (χ0n) is 14.4. The van der Waals surface area contributed by atoms with Crippen molar-refractivity contribution in [1.82, 2.24) is 9.78 Å². The number of halogens is 1. The Balaban J connectivity index is 1.56. The smallest absolute Gasteiger partial charge is 0.233 e. The minimum Gasteiger partial charge on any atom is -0.326 e. The van der Waals surface area contributed by atoms with E-state index < -0.39 is 5.92 Å². The van der Waals surface area contributed by atoms with Gasteiger partial charge in [-0.2, -0.15) is 5.10 Å². The molecule has 2 heterocycles. The summed E-state index contributed by atoms with van der Waals surface area (Å²) in [5, 5.41) is 10.1. The van der Waals surface area contributed by atoms with Crippen LogP contribution in [0.3, 0.4) is 0 Å². The predicted octanol–water partition coefficient (Wildman–Crippen LogP) is 3.76. The van der Waals surface area contributed by atoms with Gasteiger partial charge in [-0.1, -0.05) is 52.3 Å².